The Hall–Kier alpha value is 0.01000. The summed E-state index contributed by atoms with van der Waals surface area (Å²) in [4.78, 5) is 1.09. The summed E-state index contributed by atoms with van der Waals surface area (Å²) in [6.07, 6.45) is 0. The van der Waals surface area contributed by atoms with Gasteiger partial charge in [-0.2, -0.15) is 0 Å². The number of rotatable bonds is 2. The van der Waals surface area contributed by atoms with E-state index in [9.17, 15) is 0 Å². The lowest BCUT2D eigenvalue weighted by molar-refractivity contribution is 0.375. The molecule has 54 valence electrons. The van der Waals surface area contributed by atoms with Crippen LogP contribution in [0, 0.1) is 0 Å². The van der Waals surface area contributed by atoms with E-state index in [0.717, 1.165) is 9.37 Å². The molecule has 1 aromatic carbocycles. The molecule has 0 saturated carbocycles. The maximum absolute atomic E-state index is 8.54. The van der Waals surface area contributed by atoms with Gasteiger partial charge in [-0.3, -0.25) is 0 Å². The van der Waals surface area contributed by atoms with Crippen LogP contribution in [-0.2, 0) is 0 Å². The third-order valence-electron chi connectivity index (χ3n) is 1.04. The van der Waals surface area contributed by atoms with Gasteiger partial charge in [0.05, 0.1) is 5.94 Å². The Labute approximate surface area is 72.6 Å². The zero-order valence-electron chi connectivity index (χ0n) is 5.25. The topological polar surface area (TPSA) is 20.2 Å². The van der Waals surface area contributed by atoms with Crippen molar-refractivity contribution in [1.82, 2.24) is 0 Å². The standard InChI is InChI=1S/C7H7BrOS/c8-6-1-3-7(4-2-6)10-5-9/h1-4,9H,5H2. The first-order valence-corrected chi connectivity index (χ1v) is 4.60. The van der Waals surface area contributed by atoms with Crippen LogP contribution in [0.25, 0.3) is 0 Å². The molecule has 0 spiro atoms. The summed E-state index contributed by atoms with van der Waals surface area (Å²) < 4.78 is 1.06. The van der Waals surface area contributed by atoms with Crippen molar-refractivity contribution in [2.24, 2.45) is 0 Å². The second-order valence-electron chi connectivity index (χ2n) is 1.73. The molecular formula is C7H7BrOS. The quantitative estimate of drug-likeness (QED) is 0.609. The average Bonchev–Trinajstić information content (AvgIpc) is 1.95. The summed E-state index contributed by atoms with van der Waals surface area (Å²) in [6.45, 7) is 0. The highest BCUT2D eigenvalue weighted by molar-refractivity contribution is 9.10. The highest BCUT2D eigenvalue weighted by Crippen LogP contribution is 2.19. The lowest BCUT2D eigenvalue weighted by Crippen LogP contribution is -1.73. The van der Waals surface area contributed by atoms with Crippen LogP contribution in [-0.4, -0.2) is 11.0 Å². The Morgan fingerprint density at radius 1 is 1.30 bits per heavy atom. The Morgan fingerprint density at radius 2 is 1.90 bits per heavy atom. The molecule has 1 rings (SSSR count). The van der Waals surface area contributed by atoms with Crippen LogP contribution in [0.5, 0.6) is 0 Å². The van der Waals surface area contributed by atoms with Crippen LogP contribution in [0.1, 0.15) is 0 Å². The molecule has 1 aromatic rings. The van der Waals surface area contributed by atoms with E-state index >= 15 is 0 Å². The number of halogens is 1. The van der Waals surface area contributed by atoms with Crippen LogP contribution >= 0.6 is 27.7 Å². The zero-order valence-corrected chi connectivity index (χ0v) is 7.65. The van der Waals surface area contributed by atoms with Crippen LogP contribution < -0.4 is 0 Å². The maximum Gasteiger partial charge on any atom is 0.0932 e. The van der Waals surface area contributed by atoms with Gasteiger partial charge < -0.3 is 5.11 Å². The van der Waals surface area contributed by atoms with Crippen molar-refractivity contribution in [3.63, 3.8) is 0 Å². The summed E-state index contributed by atoms with van der Waals surface area (Å²) in [5.74, 6) is 0.141. The second-order valence-corrected chi connectivity index (χ2v) is 3.66. The zero-order chi connectivity index (χ0) is 7.40. The van der Waals surface area contributed by atoms with Gasteiger partial charge in [0, 0.05) is 9.37 Å². The molecule has 0 unspecified atom stereocenters. The molecule has 1 nitrogen and oxygen atoms in total. The molecule has 0 heterocycles. The van der Waals surface area contributed by atoms with Gasteiger partial charge in [0.25, 0.3) is 0 Å². The summed E-state index contributed by atoms with van der Waals surface area (Å²) >= 11 is 4.74. The van der Waals surface area contributed by atoms with Crippen molar-refractivity contribution in [3.8, 4) is 0 Å². The first-order chi connectivity index (χ1) is 4.83. The number of hydrogen-bond donors (Lipinski definition) is 1. The van der Waals surface area contributed by atoms with Crippen LogP contribution in [0.4, 0.5) is 0 Å². The van der Waals surface area contributed by atoms with Crippen molar-refractivity contribution in [1.29, 1.82) is 0 Å². The van der Waals surface area contributed by atoms with E-state index in [4.69, 9.17) is 5.11 Å². The van der Waals surface area contributed by atoms with Gasteiger partial charge in [0.2, 0.25) is 0 Å². The molecule has 3 heteroatoms. The monoisotopic (exact) mass is 218 g/mol. The lowest BCUT2D eigenvalue weighted by atomic mass is 10.4. The van der Waals surface area contributed by atoms with Gasteiger partial charge >= 0.3 is 0 Å². The van der Waals surface area contributed by atoms with Crippen molar-refractivity contribution < 1.29 is 5.11 Å². The summed E-state index contributed by atoms with van der Waals surface area (Å²) in [5, 5.41) is 8.54. The molecule has 0 fully saturated rings. The molecule has 1 N–H and O–H groups in total. The van der Waals surface area contributed by atoms with Crippen molar-refractivity contribution in [2.45, 2.75) is 4.90 Å². The largest absolute Gasteiger partial charge is 0.385 e. The molecule has 0 aliphatic rings. The molecule has 0 aliphatic carbocycles. The third kappa shape index (κ3) is 2.33. The molecule has 0 aromatic heterocycles. The molecule has 0 bridgehead atoms. The number of thioether (sulfide) groups is 1. The molecular weight excluding hydrogens is 212 g/mol. The Balaban J connectivity index is 2.69. The van der Waals surface area contributed by atoms with Gasteiger partial charge in [0.1, 0.15) is 0 Å². The van der Waals surface area contributed by atoms with Gasteiger partial charge in [-0.05, 0) is 24.3 Å². The number of benzene rings is 1. The Kier molecular flexibility index (Phi) is 3.25. The smallest absolute Gasteiger partial charge is 0.0932 e. The van der Waals surface area contributed by atoms with E-state index < -0.39 is 0 Å². The van der Waals surface area contributed by atoms with E-state index in [-0.39, 0.29) is 5.94 Å². The summed E-state index contributed by atoms with van der Waals surface area (Å²) in [5.41, 5.74) is 0. The summed E-state index contributed by atoms with van der Waals surface area (Å²) in [6, 6.07) is 7.84. The Morgan fingerprint density at radius 3 is 2.40 bits per heavy atom. The minimum atomic E-state index is 0.141. The maximum atomic E-state index is 8.54. The fourth-order valence-electron chi connectivity index (χ4n) is 0.605. The molecule has 0 saturated heterocycles. The predicted molar refractivity (Wildman–Crippen MR) is 47.1 cm³/mol. The lowest BCUT2D eigenvalue weighted by Gasteiger charge is -1.95. The fraction of sp³-hybridized carbons (Fsp3) is 0.143. The molecule has 0 atom stereocenters. The van der Waals surface area contributed by atoms with E-state index in [1.807, 2.05) is 24.3 Å². The number of aliphatic hydroxyl groups excluding tert-OH is 1. The minimum absolute atomic E-state index is 0.141. The fourth-order valence-corrected chi connectivity index (χ4v) is 1.35. The summed E-state index contributed by atoms with van der Waals surface area (Å²) in [7, 11) is 0. The van der Waals surface area contributed by atoms with Crippen molar-refractivity contribution in [3.05, 3.63) is 28.7 Å². The first-order valence-electron chi connectivity index (χ1n) is 2.82. The predicted octanol–water partition coefficient (Wildman–Crippen LogP) is 2.49. The van der Waals surface area contributed by atoms with Crippen LogP contribution in [0.15, 0.2) is 33.6 Å². The minimum Gasteiger partial charge on any atom is -0.385 e. The highest BCUT2D eigenvalue weighted by Gasteiger charge is 1.89. The molecule has 0 aliphatic heterocycles. The molecule has 10 heavy (non-hydrogen) atoms. The van der Waals surface area contributed by atoms with E-state index in [1.54, 1.807) is 0 Å². The Bertz CT molecular complexity index is 197. The third-order valence-corrected chi connectivity index (χ3v) is 2.31. The van der Waals surface area contributed by atoms with Crippen LogP contribution in [0.2, 0.25) is 0 Å². The average molecular weight is 219 g/mol. The van der Waals surface area contributed by atoms with E-state index in [1.165, 1.54) is 11.8 Å². The number of hydrogen-bond acceptors (Lipinski definition) is 2. The normalized spacial score (nSPS) is 9.80. The van der Waals surface area contributed by atoms with E-state index in [0.29, 0.717) is 0 Å². The highest BCUT2D eigenvalue weighted by atomic mass is 79.9. The van der Waals surface area contributed by atoms with Gasteiger partial charge in [0.15, 0.2) is 0 Å². The van der Waals surface area contributed by atoms with Crippen molar-refractivity contribution >= 4 is 27.7 Å². The SMILES string of the molecule is OCSc1ccc(Br)cc1. The molecule has 0 radical (unpaired) electrons. The van der Waals surface area contributed by atoms with Gasteiger partial charge in [-0.15, -0.1) is 0 Å². The number of aliphatic hydroxyl groups is 1. The van der Waals surface area contributed by atoms with Gasteiger partial charge in [-0.25, -0.2) is 0 Å². The van der Waals surface area contributed by atoms with E-state index in [2.05, 4.69) is 15.9 Å². The van der Waals surface area contributed by atoms with Crippen LogP contribution in [0.3, 0.4) is 0 Å². The second kappa shape index (κ2) is 4.01. The first kappa shape index (κ1) is 8.11. The van der Waals surface area contributed by atoms with Gasteiger partial charge in [-0.1, -0.05) is 27.7 Å². The van der Waals surface area contributed by atoms with Crippen molar-refractivity contribution in [2.75, 3.05) is 5.94 Å². The molecule has 0 amide bonds.